The van der Waals surface area contributed by atoms with Crippen LogP contribution in [0.5, 0.6) is 5.75 Å². The maximum atomic E-state index is 5.72. The molecule has 0 N–H and O–H groups in total. The van der Waals surface area contributed by atoms with Gasteiger partial charge in [0.25, 0.3) is 0 Å². The minimum Gasteiger partial charge on any atom is -0.496 e. The molecule has 1 aromatic rings. The number of hydrogen-bond donors (Lipinski definition) is 0. The van der Waals surface area contributed by atoms with E-state index < -0.39 is 0 Å². The van der Waals surface area contributed by atoms with Crippen molar-refractivity contribution in [2.24, 2.45) is 0 Å². The first kappa shape index (κ1) is 14.3. The minimum atomic E-state index is 0.681. The third-order valence-electron chi connectivity index (χ3n) is 2.93. The van der Waals surface area contributed by atoms with Gasteiger partial charge in [0, 0.05) is 19.0 Å². The summed E-state index contributed by atoms with van der Waals surface area (Å²) in [6.45, 7) is 6.15. The Morgan fingerprint density at radius 2 is 1.94 bits per heavy atom. The van der Waals surface area contributed by atoms with E-state index >= 15 is 0 Å². The molecule has 1 rings (SSSR count). The zero-order chi connectivity index (χ0) is 12.8. The Balaban J connectivity index is 2.75. The van der Waals surface area contributed by atoms with Gasteiger partial charge in [-0.1, -0.05) is 17.7 Å². The van der Waals surface area contributed by atoms with E-state index in [2.05, 4.69) is 37.9 Å². The molecule has 0 amide bonds. The highest BCUT2D eigenvalue weighted by Gasteiger charge is 2.08. The smallest absolute Gasteiger partial charge is 0.125 e. The predicted octanol–water partition coefficient (Wildman–Crippen LogP) is 3.03. The number of rotatable bonds is 6. The molecule has 0 heterocycles. The topological polar surface area (TPSA) is 12.5 Å². The van der Waals surface area contributed by atoms with Crippen LogP contribution in [-0.4, -0.2) is 38.0 Å². The highest BCUT2D eigenvalue weighted by atomic mass is 35.5. The molecule has 96 valence electrons. The zero-order valence-corrected chi connectivity index (χ0v) is 12.0. The van der Waals surface area contributed by atoms with Crippen molar-refractivity contribution in [1.82, 2.24) is 4.90 Å². The molecule has 1 aromatic carbocycles. The number of aryl methyl sites for hydroxylation is 2. The lowest BCUT2D eigenvalue weighted by atomic mass is 10.0. The summed E-state index contributed by atoms with van der Waals surface area (Å²) in [7, 11) is 3.83. The van der Waals surface area contributed by atoms with Crippen LogP contribution in [0.4, 0.5) is 0 Å². The third kappa shape index (κ3) is 4.21. The van der Waals surface area contributed by atoms with E-state index in [1.54, 1.807) is 7.11 Å². The van der Waals surface area contributed by atoms with Crippen molar-refractivity contribution < 1.29 is 4.74 Å². The minimum absolute atomic E-state index is 0.681. The molecule has 0 saturated heterocycles. The molecule has 0 fully saturated rings. The summed E-state index contributed by atoms with van der Waals surface area (Å²) in [4.78, 5) is 2.24. The normalized spacial score (nSPS) is 10.9. The van der Waals surface area contributed by atoms with Crippen molar-refractivity contribution in [3.05, 3.63) is 28.8 Å². The van der Waals surface area contributed by atoms with Crippen LogP contribution in [0.3, 0.4) is 0 Å². The number of hydrogen-bond acceptors (Lipinski definition) is 2. The van der Waals surface area contributed by atoms with E-state index in [-0.39, 0.29) is 0 Å². The van der Waals surface area contributed by atoms with E-state index in [0.29, 0.717) is 5.88 Å². The lowest BCUT2D eigenvalue weighted by Gasteiger charge is -2.17. The van der Waals surface area contributed by atoms with Gasteiger partial charge in [-0.05, 0) is 38.4 Å². The Bertz CT molecular complexity index is 365. The molecule has 0 atom stereocenters. The van der Waals surface area contributed by atoms with Gasteiger partial charge in [-0.3, -0.25) is 0 Å². The SMILES string of the molecule is COc1c(C)cc(C)cc1CCN(C)CCCl. The lowest BCUT2D eigenvalue weighted by Crippen LogP contribution is -2.23. The van der Waals surface area contributed by atoms with Crippen LogP contribution in [0, 0.1) is 13.8 Å². The Kier molecular flexibility index (Phi) is 5.79. The van der Waals surface area contributed by atoms with Crippen LogP contribution in [0.15, 0.2) is 12.1 Å². The molecule has 0 aromatic heterocycles. The fourth-order valence-electron chi connectivity index (χ4n) is 2.09. The summed E-state index contributed by atoms with van der Waals surface area (Å²) in [6, 6.07) is 4.37. The number of likely N-dealkylation sites (N-methyl/N-ethyl adjacent to an activating group) is 1. The van der Waals surface area contributed by atoms with Crippen molar-refractivity contribution in [2.75, 3.05) is 33.1 Å². The molecule has 0 aliphatic heterocycles. The maximum Gasteiger partial charge on any atom is 0.125 e. The Morgan fingerprint density at radius 1 is 1.24 bits per heavy atom. The van der Waals surface area contributed by atoms with Crippen molar-refractivity contribution >= 4 is 11.6 Å². The van der Waals surface area contributed by atoms with E-state index in [4.69, 9.17) is 16.3 Å². The molecule has 0 spiro atoms. The second kappa shape index (κ2) is 6.87. The number of benzene rings is 1. The maximum absolute atomic E-state index is 5.72. The van der Waals surface area contributed by atoms with Crippen molar-refractivity contribution in [2.45, 2.75) is 20.3 Å². The third-order valence-corrected chi connectivity index (χ3v) is 3.10. The van der Waals surface area contributed by atoms with E-state index in [9.17, 15) is 0 Å². The molecular weight excluding hydrogens is 234 g/mol. The molecule has 3 heteroatoms. The second-order valence-corrected chi connectivity index (χ2v) is 4.89. The van der Waals surface area contributed by atoms with E-state index in [1.165, 1.54) is 16.7 Å². The first-order valence-corrected chi connectivity index (χ1v) is 6.50. The van der Waals surface area contributed by atoms with Gasteiger partial charge >= 0.3 is 0 Å². The average Bonchev–Trinajstić information content (AvgIpc) is 2.26. The van der Waals surface area contributed by atoms with Crippen LogP contribution >= 0.6 is 11.6 Å². The van der Waals surface area contributed by atoms with Crippen LogP contribution in [-0.2, 0) is 6.42 Å². The van der Waals surface area contributed by atoms with Crippen LogP contribution in [0.2, 0.25) is 0 Å². The number of ether oxygens (including phenoxy) is 1. The molecule has 0 saturated carbocycles. The van der Waals surface area contributed by atoms with Gasteiger partial charge in [0.15, 0.2) is 0 Å². The van der Waals surface area contributed by atoms with E-state index in [0.717, 1.165) is 25.3 Å². The van der Waals surface area contributed by atoms with E-state index in [1.807, 2.05) is 0 Å². The van der Waals surface area contributed by atoms with Gasteiger partial charge in [0.2, 0.25) is 0 Å². The predicted molar refractivity (Wildman–Crippen MR) is 74.4 cm³/mol. The molecule has 0 radical (unpaired) electrons. The Hall–Kier alpha value is -0.730. The highest BCUT2D eigenvalue weighted by Crippen LogP contribution is 2.25. The number of alkyl halides is 1. The quantitative estimate of drug-likeness (QED) is 0.725. The fraction of sp³-hybridized carbons (Fsp3) is 0.571. The van der Waals surface area contributed by atoms with Crippen LogP contribution in [0.25, 0.3) is 0 Å². The molecule has 0 unspecified atom stereocenters. The first-order chi connectivity index (χ1) is 8.08. The van der Waals surface area contributed by atoms with Crippen molar-refractivity contribution in [1.29, 1.82) is 0 Å². The average molecular weight is 256 g/mol. The monoisotopic (exact) mass is 255 g/mol. The summed E-state index contributed by atoms with van der Waals surface area (Å²) in [6.07, 6.45) is 0.999. The van der Waals surface area contributed by atoms with Gasteiger partial charge in [0.05, 0.1) is 7.11 Å². The first-order valence-electron chi connectivity index (χ1n) is 5.97. The Morgan fingerprint density at radius 3 is 2.53 bits per heavy atom. The van der Waals surface area contributed by atoms with Gasteiger partial charge in [-0.25, -0.2) is 0 Å². The summed E-state index contributed by atoms with van der Waals surface area (Å²) >= 11 is 5.72. The van der Waals surface area contributed by atoms with Crippen LogP contribution < -0.4 is 4.74 Å². The van der Waals surface area contributed by atoms with Crippen molar-refractivity contribution in [3.63, 3.8) is 0 Å². The molecule has 0 aliphatic carbocycles. The largest absolute Gasteiger partial charge is 0.496 e. The number of halogens is 1. The highest BCUT2D eigenvalue weighted by molar-refractivity contribution is 6.18. The number of nitrogens with zero attached hydrogens (tertiary/aromatic N) is 1. The zero-order valence-electron chi connectivity index (χ0n) is 11.2. The molecular formula is C14H22ClNO. The second-order valence-electron chi connectivity index (χ2n) is 4.52. The summed E-state index contributed by atoms with van der Waals surface area (Å²) in [5.74, 6) is 1.70. The molecule has 17 heavy (non-hydrogen) atoms. The Labute approximate surface area is 110 Å². The lowest BCUT2D eigenvalue weighted by molar-refractivity contribution is 0.353. The van der Waals surface area contributed by atoms with Crippen molar-refractivity contribution in [3.8, 4) is 5.75 Å². The summed E-state index contributed by atoms with van der Waals surface area (Å²) in [5.41, 5.74) is 3.78. The van der Waals surface area contributed by atoms with Gasteiger partial charge in [-0.15, -0.1) is 11.6 Å². The summed E-state index contributed by atoms with van der Waals surface area (Å²) < 4.78 is 5.48. The van der Waals surface area contributed by atoms with Crippen LogP contribution in [0.1, 0.15) is 16.7 Å². The molecule has 2 nitrogen and oxygen atoms in total. The molecule has 0 aliphatic rings. The van der Waals surface area contributed by atoms with Gasteiger partial charge < -0.3 is 9.64 Å². The van der Waals surface area contributed by atoms with Gasteiger partial charge in [0.1, 0.15) is 5.75 Å². The molecule has 0 bridgehead atoms. The summed E-state index contributed by atoms with van der Waals surface area (Å²) in [5, 5.41) is 0. The fourth-order valence-corrected chi connectivity index (χ4v) is 2.38. The standard InChI is InChI=1S/C14H22ClNO/c1-11-9-12(2)14(17-4)13(10-11)5-7-16(3)8-6-15/h9-10H,5-8H2,1-4H3. The van der Waals surface area contributed by atoms with Gasteiger partial charge in [-0.2, -0.15) is 0 Å². The number of methoxy groups -OCH3 is 1.